The third-order valence-electron chi connectivity index (χ3n) is 2.69. The van der Waals surface area contributed by atoms with E-state index in [9.17, 15) is 0 Å². The number of thioether (sulfide) groups is 1. The number of nitrogens with one attached hydrogen (secondary N) is 1. The molecule has 0 saturated carbocycles. The summed E-state index contributed by atoms with van der Waals surface area (Å²) in [6, 6.07) is 11.0. The Morgan fingerprint density at radius 3 is 2.56 bits per heavy atom. The van der Waals surface area contributed by atoms with E-state index in [2.05, 4.69) is 54.5 Å². The molecule has 86 valence electrons. The topological polar surface area (TPSA) is 24.4 Å². The summed E-state index contributed by atoms with van der Waals surface area (Å²) in [4.78, 5) is 4.45. The van der Waals surface area contributed by atoms with Crippen LogP contribution >= 0.6 is 11.8 Å². The van der Waals surface area contributed by atoms with Crippen molar-refractivity contribution < 1.29 is 0 Å². The molecule has 1 heterocycles. The first-order valence-electron chi connectivity index (χ1n) is 5.76. The molecule has 1 unspecified atom stereocenters. The lowest BCUT2D eigenvalue weighted by atomic mass is 9.96. The summed E-state index contributed by atoms with van der Waals surface area (Å²) < 4.78 is 0. The molecule has 3 heteroatoms. The van der Waals surface area contributed by atoms with E-state index in [1.165, 1.54) is 5.56 Å². The molecule has 0 radical (unpaired) electrons. The van der Waals surface area contributed by atoms with Crippen molar-refractivity contribution in [3.63, 3.8) is 0 Å². The highest BCUT2D eigenvalue weighted by Gasteiger charge is 2.18. The van der Waals surface area contributed by atoms with Gasteiger partial charge in [0.15, 0.2) is 5.17 Å². The van der Waals surface area contributed by atoms with Gasteiger partial charge in [-0.3, -0.25) is 4.99 Å². The van der Waals surface area contributed by atoms with Crippen LogP contribution in [-0.2, 0) is 0 Å². The van der Waals surface area contributed by atoms with E-state index in [-0.39, 0.29) is 0 Å². The molecule has 2 rings (SSSR count). The fraction of sp³-hybridized carbons (Fsp3) is 0.462. The molecule has 0 aromatic heterocycles. The van der Waals surface area contributed by atoms with Gasteiger partial charge in [0.2, 0.25) is 0 Å². The van der Waals surface area contributed by atoms with E-state index in [0.717, 1.165) is 17.5 Å². The third-order valence-corrected chi connectivity index (χ3v) is 3.60. The van der Waals surface area contributed by atoms with Crippen molar-refractivity contribution in [2.45, 2.75) is 19.9 Å². The summed E-state index contributed by atoms with van der Waals surface area (Å²) in [7, 11) is 0. The number of hydrogen-bond donors (Lipinski definition) is 1. The van der Waals surface area contributed by atoms with Crippen molar-refractivity contribution >= 4 is 16.9 Å². The average Bonchev–Trinajstić information content (AvgIpc) is 2.79. The minimum Gasteiger partial charge on any atom is -0.358 e. The van der Waals surface area contributed by atoms with Crippen LogP contribution in [-0.4, -0.2) is 17.5 Å². The molecular weight excluding hydrogens is 216 g/mol. The van der Waals surface area contributed by atoms with E-state index < -0.39 is 0 Å². The molecule has 2 nitrogen and oxygen atoms in total. The number of nitrogens with zero attached hydrogens (tertiary/aromatic N) is 1. The van der Waals surface area contributed by atoms with Gasteiger partial charge in [0.25, 0.3) is 0 Å². The first kappa shape index (κ1) is 11.5. The number of rotatable bonds is 3. The van der Waals surface area contributed by atoms with Crippen molar-refractivity contribution in [3.05, 3.63) is 35.9 Å². The lowest BCUT2D eigenvalue weighted by Gasteiger charge is -2.23. The first-order valence-corrected chi connectivity index (χ1v) is 6.74. The SMILES string of the molecule is CC(C)C(NC1=NCCS1)c1ccccc1. The fourth-order valence-electron chi connectivity index (χ4n) is 1.85. The van der Waals surface area contributed by atoms with Crippen LogP contribution in [0.2, 0.25) is 0 Å². The van der Waals surface area contributed by atoms with Crippen LogP contribution < -0.4 is 5.32 Å². The average molecular weight is 234 g/mol. The highest BCUT2D eigenvalue weighted by Crippen LogP contribution is 2.23. The first-order chi connectivity index (χ1) is 7.77. The lowest BCUT2D eigenvalue weighted by molar-refractivity contribution is 0.474. The Labute approximate surface area is 102 Å². The van der Waals surface area contributed by atoms with Crippen LogP contribution in [0.5, 0.6) is 0 Å². The van der Waals surface area contributed by atoms with E-state index in [1.807, 2.05) is 11.8 Å². The number of hydrogen-bond acceptors (Lipinski definition) is 3. The number of amidine groups is 1. The summed E-state index contributed by atoms with van der Waals surface area (Å²) in [6.07, 6.45) is 0. The Morgan fingerprint density at radius 2 is 2.00 bits per heavy atom. The Kier molecular flexibility index (Phi) is 3.88. The molecule has 1 atom stereocenters. The molecule has 1 aliphatic rings. The molecule has 1 N–H and O–H groups in total. The van der Waals surface area contributed by atoms with E-state index in [1.54, 1.807) is 0 Å². The molecule has 0 fully saturated rings. The minimum absolute atomic E-state index is 0.366. The van der Waals surface area contributed by atoms with Crippen LogP contribution in [0.1, 0.15) is 25.5 Å². The van der Waals surface area contributed by atoms with Gasteiger partial charge in [-0.05, 0) is 11.5 Å². The molecular formula is C13H18N2S. The van der Waals surface area contributed by atoms with Crippen LogP contribution in [0.25, 0.3) is 0 Å². The highest BCUT2D eigenvalue weighted by molar-refractivity contribution is 8.14. The quantitative estimate of drug-likeness (QED) is 0.869. The molecule has 16 heavy (non-hydrogen) atoms. The Hall–Kier alpha value is -0.960. The largest absolute Gasteiger partial charge is 0.358 e. The van der Waals surface area contributed by atoms with Crippen molar-refractivity contribution in [3.8, 4) is 0 Å². The standard InChI is InChI=1S/C13H18N2S/c1-10(2)12(11-6-4-3-5-7-11)15-13-14-8-9-16-13/h3-7,10,12H,8-9H2,1-2H3,(H,14,15). The van der Waals surface area contributed by atoms with Gasteiger partial charge in [-0.25, -0.2) is 0 Å². The minimum atomic E-state index is 0.366. The smallest absolute Gasteiger partial charge is 0.157 e. The van der Waals surface area contributed by atoms with E-state index in [0.29, 0.717) is 12.0 Å². The maximum absolute atomic E-state index is 4.45. The molecule has 0 spiro atoms. The lowest BCUT2D eigenvalue weighted by Crippen LogP contribution is -2.29. The predicted molar refractivity (Wildman–Crippen MR) is 71.9 cm³/mol. The number of aliphatic imine (C=N–C) groups is 1. The van der Waals surface area contributed by atoms with Crippen molar-refractivity contribution in [1.29, 1.82) is 0 Å². The molecule has 0 saturated heterocycles. The predicted octanol–water partition coefficient (Wildman–Crippen LogP) is 3.08. The van der Waals surface area contributed by atoms with Gasteiger partial charge in [0, 0.05) is 5.75 Å². The van der Waals surface area contributed by atoms with Crippen molar-refractivity contribution in [1.82, 2.24) is 5.32 Å². The third kappa shape index (κ3) is 2.79. The molecule has 1 aliphatic heterocycles. The van der Waals surface area contributed by atoms with Crippen LogP contribution in [0.15, 0.2) is 35.3 Å². The second-order valence-electron chi connectivity index (χ2n) is 4.31. The summed E-state index contributed by atoms with van der Waals surface area (Å²) in [5.41, 5.74) is 1.34. The van der Waals surface area contributed by atoms with Crippen LogP contribution in [0.4, 0.5) is 0 Å². The molecule has 0 aliphatic carbocycles. The summed E-state index contributed by atoms with van der Waals surface area (Å²) in [5.74, 6) is 1.67. The van der Waals surface area contributed by atoms with Gasteiger partial charge in [0.05, 0.1) is 12.6 Å². The van der Waals surface area contributed by atoms with Gasteiger partial charge in [-0.2, -0.15) is 0 Å². The Morgan fingerprint density at radius 1 is 1.25 bits per heavy atom. The van der Waals surface area contributed by atoms with Gasteiger partial charge in [0.1, 0.15) is 0 Å². The second kappa shape index (κ2) is 5.39. The van der Waals surface area contributed by atoms with E-state index >= 15 is 0 Å². The zero-order valence-corrected chi connectivity index (χ0v) is 10.6. The normalized spacial score (nSPS) is 17.3. The van der Waals surface area contributed by atoms with Gasteiger partial charge < -0.3 is 5.32 Å². The summed E-state index contributed by atoms with van der Waals surface area (Å²) >= 11 is 1.82. The maximum Gasteiger partial charge on any atom is 0.157 e. The maximum atomic E-state index is 4.45. The highest BCUT2D eigenvalue weighted by atomic mass is 32.2. The Balaban J connectivity index is 2.11. The fourth-order valence-corrected chi connectivity index (χ4v) is 2.62. The van der Waals surface area contributed by atoms with Gasteiger partial charge in [-0.15, -0.1) is 0 Å². The van der Waals surface area contributed by atoms with Crippen molar-refractivity contribution in [2.75, 3.05) is 12.3 Å². The summed E-state index contributed by atoms with van der Waals surface area (Å²) in [6.45, 7) is 5.43. The molecule has 1 aromatic rings. The molecule has 0 bridgehead atoms. The zero-order valence-electron chi connectivity index (χ0n) is 9.81. The van der Waals surface area contributed by atoms with Gasteiger partial charge >= 0.3 is 0 Å². The monoisotopic (exact) mass is 234 g/mol. The van der Waals surface area contributed by atoms with Crippen LogP contribution in [0, 0.1) is 5.92 Å². The molecule has 1 aromatic carbocycles. The van der Waals surface area contributed by atoms with Crippen LogP contribution in [0.3, 0.4) is 0 Å². The zero-order chi connectivity index (χ0) is 11.4. The number of benzene rings is 1. The Bertz CT molecular complexity index is 359. The second-order valence-corrected chi connectivity index (χ2v) is 5.40. The van der Waals surface area contributed by atoms with Crippen molar-refractivity contribution in [2.24, 2.45) is 10.9 Å². The van der Waals surface area contributed by atoms with Gasteiger partial charge in [-0.1, -0.05) is 55.9 Å². The molecule has 0 amide bonds. The van der Waals surface area contributed by atoms with E-state index in [4.69, 9.17) is 0 Å². The summed E-state index contributed by atoms with van der Waals surface area (Å²) in [5, 5.41) is 4.64.